The molecule has 0 amide bonds. The summed E-state index contributed by atoms with van der Waals surface area (Å²) in [6.07, 6.45) is 2.36. The van der Waals surface area contributed by atoms with Crippen LogP contribution in [0.1, 0.15) is 17.1 Å². The van der Waals surface area contributed by atoms with Crippen LogP contribution in [0.3, 0.4) is 0 Å². The number of fused-ring (bicyclic) bond motifs is 1. The lowest BCUT2D eigenvalue weighted by Crippen LogP contribution is -1.98. The lowest BCUT2D eigenvalue weighted by Gasteiger charge is -1.98. The van der Waals surface area contributed by atoms with Gasteiger partial charge < -0.3 is 0 Å². The average molecular weight is 328 g/mol. The van der Waals surface area contributed by atoms with Gasteiger partial charge in [0, 0.05) is 19.2 Å². The van der Waals surface area contributed by atoms with E-state index in [1.807, 2.05) is 18.7 Å². The zero-order valence-electron chi connectivity index (χ0n) is 12.6. The lowest BCUT2D eigenvalue weighted by atomic mass is 10.1. The fourth-order valence-electron chi connectivity index (χ4n) is 2.37. The maximum atomic E-state index is 13.0. The normalized spacial score (nSPS) is 11.4. The number of hydrogen-bond donors (Lipinski definition) is 0. The van der Waals surface area contributed by atoms with E-state index >= 15 is 0 Å². The van der Waals surface area contributed by atoms with Gasteiger partial charge in [0.1, 0.15) is 5.82 Å². The molecule has 116 valence electrons. The molecule has 4 rings (SSSR count). The van der Waals surface area contributed by atoms with Gasteiger partial charge in [-0.1, -0.05) is 23.5 Å². The topological polar surface area (TPSA) is 60.9 Å². The molecule has 0 radical (unpaired) electrons. The van der Waals surface area contributed by atoms with E-state index in [1.165, 1.54) is 23.5 Å². The molecule has 0 aliphatic carbocycles. The number of rotatable bonds is 3. The monoisotopic (exact) mass is 328 g/mol. The first-order valence-electron chi connectivity index (χ1n) is 7.06. The molecule has 0 aliphatic rings. The molecular formula is C15H13FN6S. The summed E-state index contributed by atoms with van der Waals surface area (Å²) in [7, 11) is 1.90. The number of nitrogens with zero attached hydrogens (tertiary/aromatic N) is 6. The van der Waals surface area contributed by atoms with Crippen molar-refractivity contribution in [3.8, 4) is 10.6 Å². The molecule has 0 spiro atoms. The van der Waals surface area contributed by atoms with Gasteiger partial charge in [-0.25, -0.2) is 4.39 Å². The van der Waals surface area contributed by atoms with Crippen LogP contribution in [0.2, 0.25) is 0 Å². The first-order valence-corrected chi connectivity index (χ1v) is 7.88. The summed E-state index contributed by atoms with van der Waals surface area (Å²) in [5.74, 6) is 0.485. The Kier molecular flexibility index (Phi) is 3.19. The third-order valence-electron chi connectivity index (χ3n) is 3.80. The highest BCUT2D eigenvalue weighted by Gasteiger charge is 2.16. The van der Waals surface area contributed by atoms with E-state index in [4.69, 9.17) is 0 Å². The van der Waals surface area contributed by atoms with Crippen molar-refractivity contribution in [2.75, 3.05) is 0 Å². The van der Waals surface area contributed by atoms with Gasteiger partial charge in [-0.05, 0) is 24.6 Å². The van der Waals surface area contributed by atoms with Crippen molar-refractivity contribution >= 4 is 16.3 Å². The molecule has 4 aromatic rings. The molecule has 0 saturated carbocycles. The van der Waals surface area contributed by atoms with E-state index in [2.05, 4.69) is 20.4 Å². The highest BCUT2D eigenvalue weighted by Crippen LogP contribution is 2.27. The lowest BCUT2D eigenvalue weighted by molar-refractivity contribution is 0.627. The van der Waals surface area contributed by atoms with Gasteiger partial charge in [-0.2, -0.15) is 14.7 Å². The minimum atomic E-state index is -0.247. The Morgan fingerprint density at radius 3 is 2.65 bits per heavy atom. The van der Waals surface area contributed by atoms with Gasteiger partial charge in [0.05, 0.1) is 11.8 Å². The molecule has 3 aromatic heterocycles. The minimum absolute atomic E-state index is 0.247. The second kappa shape index (κ2) is 5.24. The van der Waals surface area contributed by atoms with E-state index in [9.17, 15) is 4.39 Å². The Morgan fingerprint density at radius 2 is 1.96 bits per heavy atom. The molecule has 6 nitrogen and oxygen atoms in total. The molecule has 0 N–H and O–H groups in total. The van der Waals surface area contributed by atoms with E-state index in [0.717, 1.165) is 32.6 Å². The first kappa shape index (κ1) is 14.0. The van der Waals surface area contributed by atoms with Crippen LogP contribution in [-0.2, 0) is 13.5 Å². The van der Waals surface area contributed by atoms with Crippen LogP contribution in [0.4, 0.5) is 4.39 Å². The largest absolute Gasteiger partial charge is 0.272 e. The zero-order chi connectivity index (χ0) is 16.0. The minimum Gasteiger partial charge on any atom is -0.272 e. The van der Waals surface area contributed by atoms with Crippen LogP contribution in [-0.4, -0.2) is 29.6 Å². The summed E-state index contributed by atoms with van der Waals surface area (Å²) in [5, 5.41) is 18.1. The van der Waals surface area contributed by atoms with Crippen molar-refractivity contribution in [2.45, 2.75) is 13.3 Å². The van der Waals surface area contributed by atoms with Crippen LogP contribution in [0.5, 0.6) is 0 Å². The number of benzene rings is 1. The number of aromatic nitrogens is 6. The Balaban J connectivity index is 1.72. The van der Waals surface area contributed by atoms with Gasteiger partial charge in [-0.15, -0.1) is 10.2 Å². The summed E-state index contributed by atoms with van der Waals surface area (Å²) in [5.41, 5.74) is 3.01. The Morgan fingerprint density at radius 1 is 1.17 bits per heavy atom. The van der Waals surface area contributed by atoms with Crippen LogP contribution < -0.4 is 0 Å². The fourth-order valence-corrected chi connectivity index (χ4v) is 3.29. The summed E-state index contributed by atoms with van der Waals surface area (Å²) in [6, 6.07) is 6.38. The van der Waals surface area contributed by atoms with Crippen molar-refractivity contribution in [2.24, 2.45) is 7.05 Å². The molecular weight excluding hydrogens is 315 g/mol. The third-order valence-corrected chi connectivity index (χ3v) is 4.73. The SMILES string of the molecule is Cc1c(-c2nn3c(Cc4ccc(F)cc4)nnc3s2)cnn1C. The molecule has 0 aliphatic heterocycles. The summed E-state index contributed by atoms with van der Waals surface area (Å²) >= 11 is 1.48. The Hall–Kier alpha value is -2.61. The van der Waals surface area contributed by atoms with Crippen molar-refractivity contribution in [3.63, 3.8) is 0 Å². The highest BCUT2D eigenvalue weighted by atomic mass is 32.1. The second-order valence-electron chi connectivity index (χ2n) is 5.29. The molecule has 8 heteroatoms. The number of aryl methyl sites for hydroxylation is 1. The molecule has 0 bridgehead atoms. The predicted octanol–water partition coefficient (Wildman–Crippen LogP) is 2.62. The van der Waals surface area contributed by atoms with Crippen molar-refractivity contribution in [3.05, 3.63) is 53.4 Å². The molecule has 0 saturated heterocycles. The molecule has 0 atom stereocenters. The second-order valence-corrected chi connectivity index (χ2v) is 6.24. The maximum absolute atomic E-state index is 13.0. The van der Waals surface area contributed by atoms with Crippen molar-refractivity contribution < 1.29 is 4.39 Å². The smallest absolute Gasteiger partial charge is 0.234 e. The van der Waals surface area contributed by atoms with E-state index < -0.39 is 0 Å². The maximum Gasteiger partial charge on any atom is 0.234 e. The third kappa shape index (κ3) is 2.40. The molecule has 0 fully saturated rings. The van der Waals surface area contributed by atoms with Crippen molar-refractivity contribution in [1.29, 1.82) is 0 Å². The van der Waals surface area contributed by atoms with E-state index in [-0.39, 0.29) is 5.82 Å². The van der Waals surface area contributed by atoms with Gasteiger partial charge in [0.25, 0.3) is 0 Å². The molecule has 1 aromatic carbocycles. The zero-order valence-corrected chi connectivity index (χ0v) is 13.4. The van der Waals surface area contributed by atoms with Crippen LogP contribution in [0, 0.1) is 12.7 Å². The van der Waals surface area contributed by atoms with Crippen LogP contribution in [0.25, 0.3) is 15.5 Å². The molecule has 0 unspecified atom stereocenters. The molecule has 23 heavy (non-hydrogen) atoms. The van der Waals surface area contributed by atoms with Gasteiger partial charge >= 0.3 is 0 Å². The average Bonchev–Trinajstić information content (AvgIpc) is 3.19. The number of halogens is 1. The summed E-state index contributed by atoms with van der Waals surface area (Å²) in [6.45, 7) is 2.00. The first-order chi connectivity index (χ1) is 11.1. The van der Waals surface area contributed by atoms with Crippen molar-refractivity contribution in [1.82, 2.24) is 29.6 Å². The Bertz CT molecular complexity index is 981. The molecule has 3 heterocycles. The number of hydrogen-bond acceptors (Lipinski definition) is 5. The highest BCUT2D eigenvalue weighted by molar-refractivity contribution is 7.19. The predicted molar refractivity (Wildman–Crippen MR) is 84.8 cm³/mol. The standard InChI is InChI=1S/C15H13FN6S/c1-9-12(8-17-21(9)2)14-20-22-13(18-19-15(22)23-14)7-10-3-5-11(16)6-4-10/h3-6,8H,7H2,1-2H3. The van der Waals surface area contributed by atoms with Gasteiger partial charge in [-0.3, -0.25) is 4.68 Å². The fraction of sp³-hybridized carbons (Fsp3) is 0.200. The summed E-state index contributed by atoms with van der Waals surface area (Å²) < 4.78 is 16.6. The van der Waals surface area contributed by atoms with Crippen LogP contribution in [0.15, 0.2) is 30.5 Å². The van der Waals surface area contributed by atoms with Crippen LogP contribution >= 0.6 is 11.3 Å². The van der Waals surface area contributed by atoms with Gasteiger partial charge in [0.2, 0.25) is 4.96 Å². The summed E-state index contributed by atoms with van der Waals surface area (Å²) in [4.78, 5) is 0.736. The Labute approximate surface area is 135 Å². The van der Waals surface area contributed by atoms with Gasteiger partial charge in [0.15, 0.2) is 10.8 Å². The van der Waals surface area contributed by atoms with E-state index in [0.29, 0.717) is 6.42 Å². The van der Waals surface area contributed by atoms with E-state index in [1.54, 1.807) is 22.8 Å². The quantitative estimate of drug-likeness (QED) is 0.580.